The van der Waals surface area contributed by atoms with Gasteiger partial charge in [-0.15, -0.1) is 0 Å². The number of amides is 2. The average molecular weight is 226 g/mol. The van der Waals surface area contributed by atoms with Crippen molar-refractivity contribution in [3.8, 4) is 0 Å². The zero-order chi connectivity index (χ0) is 12.1. The smallest absolute Gasteiger partial charge is 0.223 e. The standard InChI is InChI=1S/C11H18N2O3/c1-7(14)6-13-11(16)9-4-2-8(3-5-9)10(12)15/h8-9H,2-6H2,1H3,(H2,12,15)(H,13,16). The van der Waals surface area contributed by atoms with Crippen molar-refractivity contribution in [2.45, 2.75) is 32.6 Å². The normalized spacial score (nSPS) is 24.8. The molecule has 3 N–H and O–H groups in total. The number of primary amides is 1. The Morgan fingerprint density at radius 1 is 1.12 bits per heavy atom. The molecule has 1 aliphatic rings. The Kier molecular flexibility index (Phi) is 4.46. The summed E-state index contributed by atoms with van der Waals surface area (Å²) in [6.07, 6.45) is 2.70. The van der Waals surface area contributed by atoms with Gasteiger partial charge in [0.1, 0.15) is 5.78 Å². The van der Waals surface area contributed by atoms with Crippen LogP contribution in [0.25, 0.3) is 0 Å². The molecule has 0 radical (unpaired) electrons. The Hall–Kier alpha value is -1.39. The largest absolute Gasteiger partial charge is 0.369 e. The Morgan fingerprint density at radius 3 is 2.06 bits per heavy atom. The Labute approximate surface area is 94.8 Å². The zero-order valence-electron chi connectivity index (χ0n) is 9.49. The molecule has 2 amide bonds. The van der Waals surface area contributed by atoms with Gasteiger partial charge in [0, 0.05) is 11.8 Å². The highest BCUT2D eigenvalue weighted by molar-refractivity contribution is 5.85. The average Bonchev–Trinajstić information content (AvgIpc) is 2.26. The lowest BCUT2D eigenvalue weighted by atomic mass is 9.81. The van der Waals surface area contributed by atoms with Crippen LogP contribution in [0.1, 0.15) is 32.6 Å². The van der Waals surface area contributed by atoms with Crippen molar-refractivity contribution in [1.29, 1.82) is 0 Å². The summed E-state index contributed by atoms with van der Waals surface area (Å²) in [6.45, 7) is 1.53. The van der Waals surface area contributed by atoms with E-state index in [4.69, 9.17) is 5.73 Å². The van der Waals surface area contributed by atoms with Crippen LogP contribution in [-0.4, -0.2) is 24.1 Å². The van der Waals surface area contributed by atoms with Crippen LogP contribution in [0.5, 0.6) is 0 Å². The van der Waals surface area contributed by atoms with Crippen molar-refractivity contribution >= 4 is 17.6 Å². The molecule has 5 heteroatoms. The number of nitrogens with one attached hydrogen (secondary N) is 1. The van der Waals surface area contributed by atoms with E-state index in [-0.39, 0.29) is 36.0 Å². The molecule has 0 heterocycles. The topological polar surface area (TPSA) is 89.3 Å². The molecule has 16 heavy (non-hydrogen) atoms. The second-order valence-electron chi connectivity index (χ2n) is 4.37. The molecule has 0 unspecified atom stereocenters. The van der Waals surface area contributed by atoms with E-state index >= 15 is 0 Å². The van der Waals surface area contributed by atoms with E-state index in [1.165, 1.54) is 6.92 Å². The van der Waals surface area contributed by atoms with Crippen LogP contribution in [0.2, 0.25) is 0 Å². The highest BCUT2D eigenvalue weighted by Crippen LogP contribution is 2.28. The van der Waals surface area contributed by atoms with E-state index in [9.17, 15) is 14.4 Å². The first-order chi connectivity index (χ1) is 7.50. The van der Waals surface area contributed by atoms with Crippen LogP contribution in [0.15, 0.2) is 0 Å². The molecule has 0 bridgehead atoms. The molecule has 1 aliphatic carbocycles. The number of Topliss-reactive ketones (excluding diaryl/α,β-unsaturated/α-hetero) is 1. The number of nitrogens with two attached hydrogens (primary N) is 1. The number of hydrogen-bond donors (Lipinski definition) is 2. The van der Waals surface area contributed by atoms with Gasteiger partial charge in [-0.05, 0) is 32.6 Å². The number of hydrogen-bond acceptors (Lipinski definition) is 3. The minimum absolute atomic E-state index is 0.0563. The number of carbonyl (C=O) groups is 3. The van der Waals surface area contributed by atoms with E-state index in [1.807, 2.05) is 0 Å². The van der Waals surface area contributed by atoms with Crippen LogP contribution in [0, 0.1) is 11.8 Å². The first-order valence-electron chi connectivity index (χ1n) is 5.57. The summed E-state index contributed by atoms with van der Waals surface area (Å²) in [7, 11) is 0. The Morgan fingerprint density at radius 2 is 1.62 bits per heavy atom. The maximum absolute atomic E-state index is 11.6. The maximum atomic E-state index is 11.6. The zero-order valence-corrected chi connectivity index (χ0v) is 9.49. The van der Waals surface area contributed by atoms with Gasteiger partial charge in [-0.3, -0.25) is 14.4 Å². The summed E-state index contributed by atoms with van der Waals surface area (Å²) in [5, 5.41) is 2.59. The summed E-state index contributed by atoms with van der Waals surface area (Å²) in [5.41, 5.74) is 5.20. The molecule has 0 aliphatic heterocycles. The molecule has 0 spiro atoms. The maximum Gasteiger partial charge on any atom is 0.223 e. The second kappa shape index (κ2) is 5.63. The van der Waals surface area contributed by atoms with Crippen LogP contribution in [0.3, 0.4) is 0 Å². The predicted molar refractivity (Wildman–Crippen MR) is 58.3 cm³/mol. The molecule has 0 aromatic carbocycles. The second-order valence-corrected chi connectivity index (χ2v) is 4.37. The summed E-state index contributed by atoms with van der Waals surface area (Å²) in [6, 6.07) is 0. The van der Waals surface area contributed by atoms with E-state index in [2.05, 4.69) is 5.32 Å². The molecule has 0 atom stereocenters. The third-order valence-electron chi connectivity index (χ3n) is 3.01. The molecule has 0 aromatic rings. The number of carbonyl (C=O) groups excluding carboxylic acids is 3. The van der Waals surface area contributed by atoms with Crippen LogP contribution >= 0.6 is 0 Å². The molecular weight excluding hydrogens is 208 g/mol. The lowest BCUT2D eigenvalue weighted by Gasteiger charge is -2.25. The van der Waals surface area contributed by atoms with Gasteiger partial charge in [-0.1, -0.05) is 0 Å². The van der Waals surface area contributed by atoms with E-state index in [0.717, 1.165) is 0 Å². The Bertz CT molecular complexity index is 294. The fourth-order valence-corrected chi connectivity index (χ4v) is 2.00. The van der Waals surface area contributed by atoms with Crippen molar-refractivity contribution in [2.24, 2.45) is 17.6 Å². The number of rotatable bonds is 4. The molecule has 1 rings (SSSR count). The molecule has 0 saturated heterocycles. The molecule has 1 fully saturated rings. The molecular formula is C11H18N2O3. The van der Waals surface area contributed by atoms with E-state index in [0.29, 0.717) is 25.7 Å². The van der Waals surface area contributed by atoms with Gasteiger partial charge in [0.2, 0.25) is 11.8 Å². The monoisotopic (exact) mass is 226 g/mol. The van der Waals surface area contributed by atoms with Crippen LogP contribution in [0.4, 0.5) is 0 Å². The van der Waals surface area contributed by atoms with E-state index in [1.54, 1.807) is 0 Å². The minimum atomic E-state index is -0.275. The highest BCUT2D eigenvalue weighted by Gasteiger charge is 2.28. The van der Waals surface area contributed by atoms with Crippen molar-refractivity contribution in [3.05, 3.63) is 0 Å². The molecule has 90 valence electrons. The van der Waals surface area contributed by atoms with Crippen molar-refractivity contribution < 1.29 is 14.4 Å². The third-order valence-corrected chi connectivity index (χ3v) is 3.01. The van der Waals surface area contributed by atoms with Gasteiger partial charge < -0.3 is 11.1 Å². The van der Waals surface area contributed by atoms with Gasteiger partial charge in [-0.2, -0.15) is 0 Å². The molecule has 5 nitrogen and oxygen atoms in total. The first kappa shape index (κ1) is 12.7. The fraction of sp³-hybridized carbons (Fsp3) is 0.727. The van der Waals surface area contributed by atoms with Gasteiger partial charge >= 0.3 is 0 Å². The quantitative estimate of drug-likeness (QED) is 0.706. The van der Waals surface area contributed by atoms with Crippen LogP contribution < -0.4 is 11.1 Å². The summed E-state index contributed by atoms with van der Waals surface area (Å²) in [4.78, 5) is 33.2. The number of ketones is 1. The summed E-state index contributed by atoms with van der Waals surface area (Å²) in [5.74, 6) is -0.577. The fourth-order valence-electron chi connectivity index (χ4n) is 2.00. The van der Waals surface area contributed by atoms with Gasteiger partial charge in [-0.25, -0.2) is 0 Å². The van der Waals surface area contributed by atoms with Crippen molar-refractivity contribution in [3.63, 3.8) is 0 Å². The van der Waals surface area contributed by atoms with Gasteiger partial charge in [0.15, 0.2) is 0 Å². The lowest BCUT2D eigenvalue weighted by Crippen LogP contribution is -2.37. The third kappa shape index (κ3) is 3.64. The van der Waals surface area contributed by atoms with Gasteiger partial charge in [0.05, 0.1) is 6.54 Å². The summed E-state index contributed by atoms with van der Waals surface area (Å²) < 4.78 is 0. The summed E-state index contributed by atoms with van der Waals surface area (Å²) >= 11 is 0. The predicted octanol–water partition coefficient (Wildman–Crippen LogP) is -0.0167. The van der Waals surface area contributed by atoms with Crippen molar-refractivity contribution in [2.75, 3.05) is 6.54 Å². The molecule has 0 aromatic heterocycles. The van der Waals surface area contributed by atoms with Crippen molar-refractivity contribution in [1.82, 2.24) is 5.32 Å². The van der Waals surface area contributed by atoms with Gasteiger partial charge in [0.25, 0.3) is 0 Å². The molecule has 1 saturated carbocycles. The van der Waals surface area contributed by atoms with Crippen LogP contribution in [-0.2, 0) is 14.4 Å². The van der Waals surface area contributed by atoms with E-state index < -0.39 is 0 Å². The highest BCUT2D eigenvalue weighted by atomic mass is 16.2. The Balaban J connectivity index is 2.33. The SMILES string of the molecule is CC(=O)CNC(=O)C1CCC(C(N)=O)CC1. The first-order valence-corrected chi connectivity index (χ1v) is 5.57. The lowest BCUT2D eigenvalue weighted by molar-refractivity contribution is -0.130. The minimum Gasteiger partial charge on any atom is -0.369 e.